The molecule has 6 aromatic rings. The van der Waals surface area contributed by atoms with Gasteiger partial charge in [-0.1, -0.05) is 70.9 Å². The lowest BCUT2D eigenvalue weighted by molar-refractivity contribution is 0.309. The van der Waals surface area contributed by atoms with E-state index in [1.807, 2.05) is 89.8 Å². The lowest BCUT2D eigenvalue weighted by Crippen LogP contribution is -2.23. The van der Waals surface area contributed by atoms with E-state index in [9.17, 15) is 4.79 Å². The second-order valence-electron chi connectivity index (χ2n) is 9.44. The van der Waals surface area contributed by atoms with E-state index in [1.165, 1.54) is 15.9 Å². The summed E-state index contributed by atoms with van der Waals surface area (Å²) in [6, 6.07) is 23.7. The number of nitrogens with zero attached hydrogens (tertiary/aromatic N) is 5. The number of aryl methyl sites for hydroxylation is 1. The van der Waals surface area contributed by atoms with Crippen LogP contribution >= 0.6 is 27.3 Å². The molecule has 9 heteroatoms. The molecule has 0 amide bonds. The van der Waals surface area contributed by atoms with Gasteiger partial charge in [0.15, 0.2) is 5.82 Å². The summed E-state index contributed by atoms with van der Waals surface area (Å²) >= 11 is 4.77. The van der Waals surface area contributed by atoms with Crippen LogP contribution in [-0.4, -0.2) is 31.0 Å². The molecule has 0 unspecified atom stereocenters. The first kappa shape index (κ1) is 26.2. The minimum absolute atomic E-state index is 0.203. The van der Waals surface area contributed by atoms with Crippen molar-refractivity contribution in [2.75, 3.05) is 6.61 Å². The summed E-state index contributed by atoms with van der Waals surface area (Å²) in [6.07, 6.45) is 5.94. The Labute approximate surface area is 243 Å². The van der Waals surface area contributed by atoms with E-state index in [-0.39, 0.29) is 5.56 Å². The van der Waals surface area contributed by atoms with Crippen LogP contribution in [0.25, 0.3) is 39.4 Å². The van der Waals surface area contributed by atoms with Gasteiger partial charge in [0.1, 0.15) is 11.4 Å². The standard InChI is InChI=1S/C31H26BrN5O2S/c1-3-4-16-39-25-14-15-26(20(2)17-25)28-22(19-36(34-28)24-8-6-5-7-9-24)18-27-30(38)37-31(40-27)33-29(35-37)21-10-12-23(32)13-11-21/h5-15,17-19H,3-4,16H2,1-2H3/b27-18-. The van der Waals surface area contributed by atoms with Crippen molar-refractivity contribution in [3.8, 4) is 34.1 Å². The van der Waals surface area contributed by atoms with Crippen LogP contribution in [0.4, 0.5) is 0 Å². The van der Waals surface area contributed by atoms with Crippen molar-refractivity contribution >= 4 is 38.3 Å². The molecule has 0 bridgehead atoms. The summed E-state index contributed by atoms with van der Waals surface area (Å²) in [5.74, 6) is 1.37. The second kappa shape index (κ2) is 11.2. The van der Waals surface area contributed by atoms with E-state index in [4.69, 9.17) is 9.84 Å². The fourth-order valence-corrected chi connectivity index (χ4v) is 5.60. The molecule has 0 aliphatic rings. The molecule has 6 rings (SSSR count). The van der Waals surface area contributed by atoms with Crippen LogP contribution in [0.15, 0.2) is 88.3 Å². The van der Waals surface area contributed by atoms with Gasteiger partial charge in [0.05, 0.1) is 16.8 Å². The largest absolute Gasteiger partial charge is 0.494 e. The van der Waals surface area contributed by atoms with Crippen LogP contribution in [0.3, 0.4) is 0 Å². The molecule has 0 aliphatic heterocycles. The average Bonchev–Trinajstić information content (AvgIpc) is 3.65. The van der Waals surface area contributed by atoms with Crippen molar-refractivity contribution in [2.45, 2.75) is 26.7 Å². The van der Waals surface area contributed by atoms with E-state index in [0.29, 0.717) is 21.9 Å². The Morgan fingerprint density at radius 2 is 1.82 bits per heavy atom. The maximum absolute atomic E-state index is 13.4. The number of hydrogen-bond donors (Lipinski definition) is 0. The third-order valence-corrected chi connectivity index (χ3v) is 8.04. The Bertz CT molecular complexity index is 1910. The van der Waals surface area contributed by atoms with E-state index in [1.54, 1.807) is 0 Å². The Morgan fingerprint density at radius 3 is 2.55 bits per heavy atom. The van der Waals surface area contributed by atoms with Gasteiger partial charge >= 0.3 is 0 Å². The van der Waals surface area contributed by atoms with Crippen LogP contribution in [0.1, 0.15) is 30.9 Å². The number of benzene rings is 3. The monoisotopic (exact) mass is 611 g/mol. The van der Waals surface area contributed by atoms with E-state index < -0.39 is 0 Å². The number of rotatable bonds is 8. The summed E-state index contributed by atoms with van der Waals surface area (Å²) in [4.78, 5) is 18.6. The van der Waals surface area contributed by atoms with Crippen LogP contribution in [0.2, 0.25) is 0 Å². The van der Waals surface area contributed by atoms with E-state index in [0.717, 1.165) is 56.7 Å². The zero-order valence-electron chi connectivity index (χ0n) is 22.0. The maximum Gasteiger partial charge on any atom is 0.291 e. The highest BCUT2D eigenvalue weighted by Gasteiger charge is 2.16. The molecule has 3 heterocycles. The summed E-state index contributed by atoms with van der Waals surface area (Å²) in [6.45, 7) is 4.90. The lowest BCUT2D eigenvalue weighted by atomic mass is 10.0. The molecule has 0 spiro atoms. The minimum Gasteiger partial charge on any atom is -0.494 e. The molecule has 0 radical (unpaired) electrons. The minimum atomic E-state index is -0.203. The topological polar surface area (TPSA) is 74.3 Å². The van der Waals surface area contributed by atoms with Crippen LogP contribution in [0, 0.1) is 6.92 Å². The molecule has 0 saturated carbocycles. The third-order valence-electron chi connectivity index (χ3n) is 6.55. The van der Waals surface area contributed by atoms with Gasteiger partial charge < -0.3 is 4.74 Å². The average molecular weight is 613 g/mol. The predicted octanol–water partition coefficient (Wildman–Crippen LogP) is 6.47. The zero-order valence-corrected chi connectivity index (χ0v) is 24.4. The lowest BCUT2D eigenvalue weighted by Gasteiger charge is -2.09. The van der Waals surface area contributed by atoms with Crippen molar-refractivity contribution < 1.29 is 4.74 Å². The first-order valence-corrected chi connectivity index (χ1v) is 14.7. The molecule has 3 aromatic carbocycles. The molecule has 200 valence electrons. The van der Waals surface area contributed by atoms with E-state index in [2.05, 4.69) is 39.9 Å². The van der Waals surface area contributed by atoms with E-state index >= 15 is 0 Å². The van der Waals surface area contributed by atoms with Gasteiger partial charge in [0.2, 0.25) is 4.96 Å². The molecular formula is C31H26BrN5O2S. The molecular weight excluding hydrogens is 586 g/mol. The van der Waals surface area contributed by atoms with Gasteiger partial charge in [0.25, 0.3) is 5.56 Å². The summed E-state index contributed by atoms with van der Waals surface area (Å²) in [5, 5.41) is 9.45. The number of ether oxygens (including phenoxy) is 1. The van der Waals surface area contributed by atoms with Crippen molar-refractivity contribution in [3.63, 3.8) is 0 Å². The fraction of sp³-hybridized carbons (Fsp3) is 0.161. The number of unbranched alkanes of at least 4 members (excludes halogenated alkanes) is 1. The SMILES string of the molecule is CCCCOc1ccc(-c2nn(-c3ccccc3)cc2/C=c2\sc3nc(-c4ccc(Br)cc4)nn3c2=O)c(C)c1. The van der Waals surface area contributed by atoms with Crippen LogP contribution in [0.5, 0.6) is 5.75 Å². The number of hydrogen-bond acceptors (Lipinski definition) is 6. The number of fused-ring (bicyclic) bond motifs is 1. The molecule has 0 N–H and O–H groups in total. The third kappa shape index (κ3) is 5.22. The molecule has 7 nitrogen and oxygen atoms in total. The summed E-state index contributed by atoms with van der Waals surface area (Å²) in [5.41, 5.74) is 5.24. The van der Waals surface area contributed by atoms with Gasteiger partial charge in [-0.3, -0.25) is 4.79 Å². The van der Waals surface area contributed by atoms with Gasteiger partial charge in [-0.15, -0.1) is 5.10 Å². The normalized spacial score (nSPS) is 11.9. The van der Waals surface area contributed by atoms with Gasteiger partial charge in [-0.25, -0.2) is 4.68 Å². The fourth-order valence-electron chi connectivity index (χ4n) is 4.44. The maximum atomic E-state index is 13.4. The predicted molar refractivity (Wildman–Crippen MR) is 163 cm³/mol. The van der Waals surface area contributed by atoms with Crippen molar-refractivity contribution in [1.82, 2.24) is 24.4 Å². The molecule has 0 fully saturated rings. The Balaban J connectivity index is 1.43. The van der Waals surface area contributed by atoms with Crippen molar-refractivity contribution in [2.24, 2.45) is 0 Å². The highest BCUT2D eigenvalue weighted by Crippen LogP contribution is 2.30. The van der Waals surface area contributed by atoms with Gasteiger partial charge in [0, 0.05) is 27.4 Å². The number of thiazole rings is 1. The quantitative estimate of drug-likeness (QED) is 0.184. The Hall–Kier alpha value is -4.08. The Kier molecular flexibility index (Phi) is 7.32. The van der Waals surface area contributed by atoms with Crippen molar-refractivity contribution in [3.05, 3.63) is 109 Å². The molecule has 40 heavy (non-hydrogen) atoms. The molecule has 0 saturated heterocycles. The second-order valence-corrected chi connectivity index (χ2v) is 11.4. The molecule has 0 atom stereocenters. The van der Waals surface area contributed by atoms with Gasteiger partial charge in [-0.2, -0.15) is 14.6 Å². The molecule has 3 aromatic heterocycles. The number of para-hydroxylation sites is 1. The summed E-state index contributed by atoms with van der Waals surface area (Å²) in [7, 11) is 0. The Morgan fingerprint density at radius 1 is 1.02 bits per heavy atom. The smallest absolute Gasteiger partial charge is 0.291 e. The first-order valence-electron chi connectivity index (χ1n) is 13.1. The number of aromatic nitrogens is 5. The number of halogens is 1. The highest BCUT2D eigenvalue weighted by atomic mass is 79.9. The highest BCUT2D eigenvalue weighted by molar-refractivity contribution is 9.10. The summed E-state index contributed by atoms with van der Waals surface area (Å²) < 4.78 is 10.7. The van der Waals surface area contributed by atoms with Gasteiger partial charge in [-0.05, 0) is 67.4 Å². The van der Waals surface area contributed by atoms with Crippen LogP contribution in [-0.2, 0) is 0 Å². The van der Waals surface area contributed by atoms with Crippen LogP contribution < -0.4 is 14.8 Å². The first-order chi connectivity index (χ1) is 19.5. The zero-order chi connectivity index (χ0) is 27.6. The molecule has 0 aliphatic carbocycles. The van der Waals surface area contributed by atoms with Crippen molar-refractivity contribution in [1.29, 1.82) is 0 Å².